The second-order valence-corrected chi connectivity index (χ2v) is 6.92. The first-order chi connectivity index (χ1) is 9.79. The summed E-state index contributed by atoms with van der Waals surface area (Å²) in [5.41, 5.74) is 0.752. The van der Waals surface area contributed by atoms with Gasteiger partial charge in [0.15, 0.2) is 5.75 Å². The van der Waals surface area contributed by atoms with E-state index in [1.165, 1.54) is 12.1 Å². The second kappa shape index (κ2) is 6.42. The van der Waals surface area contributed by atoms with Crippen molar-refractivity contribution < 1.29 is 13.2 Å². The molecule has 0 bridgehead atoms. The predicted octanol–water partition coefficient (Wildman–Crippen LogP) is 3.87. The summed E-state index contributed by atoms with van der Waals surface area (Å²) in [6.45, 7) is 0.147. The highest BCUT2D eigenvalue weighted by Gasteiger charge is 2.16. The standard InChI is InChI=1S/C13H10Cl3NO3S/c14-10-4-2-1-3-8(10)7-20-13-11(15)5-9(6-12(13)16)21(17,18)19/h1-6H,7H2,(H2,17,18,19). The maximum absolute atomic E-state index is 11.3. The second-order valence-electron chi connectivity index (χ2n) is 4.14. The Labute approximate surface area is 137 Å². The molecule has 4 nitrogen and oxygen atoms in total. The third kappa shape index (κ3) is 4.02. The molecule has 0 saturated carbocycles. The lowest BCUT2D eigenvalue weighted by Crippen LogP contribution is -2.12. The van der Waals surface area contributed by atoms with Gasteiger partial charge in [-0.2, -0.15) is 0 Å². The SMILES string of the molecule is NS(=O)(=O)c1cc(Cl)c(OCc2ccccc2Cl)c(Cl)c1. The molecule has 21 heavy (non-hydrogen) atoms. The van der Waals surface area contributed by atoms with Crippen molar-refractivity contribution >= 4 is 44.8 Å². The summed E-state index contributed by atoms with van der Waals surface area (Å²) in [6, 6.07) is 9.51. The van der Waals surface area contributed by atoms with Crippen LogP contribution < -0.4 is 9.88 Å². The Hall–Kier alpha value is -0.980. The molecule has 0 unspecified atom stereocenters. The monoisotopic (exact) mass is 365 g/mol. The Balaban J connectivity index is 2.28. The van der Waals surface area contributed by atoms with Crippen molar-refractivity contribution in [3.05, 3.63) is 57.0 Å². The maximum atomic E-state index is 11.3. The van der Waals surface area contributed by atoms with Gasteiger partial charge in [0, 0.05) is 10.6 Å². The van der Waals surface area contributed by atoms with E-state index in [1.54, 1.807) is 18.2 Å². The number of primary sulfonamides is 1. The molecular formula is C13H10Cl3NO3S. The fourth-order valence-corrected chi connectivity index (χ4v) is 3.08. The van der Waals surface area contributed by atoms with Crippen molar-refractivity contribution in [2.45, 2.75) is 11.5 Å². The van der Waals surface area contributed by atoms with Gasteiger partial charge in [0.05, 0.1) is 14.9 Å². The van der Waals surface area contributed by atoms with Gasteiger partial charge in [0.1, 0.15) is 6.61 Å². The number of ether oxygens (including phenoxy) is 1. The summed E-state index contributed by atoms with van der Waals surface area (Å²) >= 11 is 18.0. The lowest BCUT2D eigenvalue weighted by Gasteiger charge is -2.12. The molecule has 0 spiro atoms. The molecule has 0 aliphatic carbocycles. The molecule has 2 aromatic carbocycles. The zero-order chi connectivity index (χ0) is 15.6. The Kier molecular flexibility index (Phi) is 5.01. The third-order valence-electron chi connectivity index (χ3n) is 2.63. The normalized spacial score (nSPS) is 11.4. The highest BCUT2D eigenvalue weighted by molar-refractivity contribution is 7.89. The van der Waals surface area contributed by atoms with Gasteiger partial charge in [-0.15, -0.1) is 0 Å². The number of halogens is 3. The summed E-state index contributed by atoms with van der Waals surface area (Å²) in [4.78, 5) is -0.178. The van der Waals surface area contributed by atoms with Crippen LogP contribution in [0, 0.1) is 0 Å². The molecule has 8 heteroatoms. The summed E-state index contributed by atoms with van der Waals surface area (Å²) in [5, 5.41) is 5.68. The summed E-state index contributed by atoms with van der Waals surface area (Å²) in [7, 11) is -3.88. The fraction of sp³-hybridized carbons (Fsp3) is 0.0769. The molecule has 0 fully saturated rings. The van der Waals surface area contributed by atoms with Crippen LogP contribution in [0.2, 0.25) is 15.1 Å². The molecule has 0 aliphatic rings. The van der Waals surface area contributed by atoms with Crippen molar-refractivity contribution in [1.29, 1.82) is 0 Å². The first-order valence-corrected chi connectivity index (χ1v) is 8.35. The maximum Gasteiger partial charge on any atom is 0.238 e. The molecule has 2 aromatic rings. The fourth-order valence-electron chi connectivity index (χ4n) is 1.60. The molecule has 0 radical (unpaired) electrons. The number of nitrogens with two attached hydrogens (primary N) is 1. The van der Waals surface area contributed by atoms with Crippen molar-refractivity contribution in [2.75, 3.05) is 0 Å². The lowest BCUT2D eigenvalue weighted by molar-refractivity contribution is 0.306. The van der Waals surface area contributed by atoms with Gasteiger partial charge in [-0.3, -0.25) is 0 Å². The van der Waals surface area contributed by atoms with Crippen LogP contribution in [-0.4, -0.2) is 8.42 Å². The molecule has 112 valence electrons. The smallest absolute Gasteiger partial charge is 0.238 e. The van der Waals surface area contributed by atoms with Crippen LogP contribution in [0.5, 0.6) is 5.75 Å². The number of hydrogen-bond donors (Lipinski definition) is 1. The van der Waals surface area contributed by atoms with Crippen LogP contribution >= 0.6 is 34.8 Å². The molecule has 0 amide bonds. The lowest BCUT2D eigenvalue weighted by atomic mass is 10.2. The van der Waals surface area contributed by atoms with E-state index in [1.807, 2.05) is 6.07 Å². The van der Waals surface area contributed by atoms with Crippen molar-refractivity contribution in [2.24, 2.45) is 5.14 Å². The van der Waals surface area contributed by atoms with Gasteiger partial charge in [-0.1, -0.05) is 53.0 Å². The van der Waals surface area contributed by atoms with Crippen LogP contribution in [-0.2, 0) is 16.6 Å². The van der Waals surface area contributed by atoms with Crippen molar-refractivity contribution in [1.82, 2.24) is 0 Å². The van der Waals surface area contributed by atoms with Gasteiger partial charge >= 0.3 is 0 Å². The van der Waals surface area contributed by atoms with Crippen molar-refractivity contribution in [3.63, 3.8) is 0 Å². The summed E-state index contributed by atoms with van der Waals surface area (Å²) < 4.78 is 28.1. The molecule has 2 rings (SSSR count). The Bertz CT molecular complexity index is 755. The number of rotatable bonds is 4. The van der Waals surface area contributed by atoms with Crippen LogP contribution in [0.4, 0.5) is 0 Å². The van der Waals surface area contributed by atoms with Crippen LogP contribution in [0.3, 0.4) is 0 Å². The average Bonchev–Trinajstić information content (AvgIpc) is 2.38. The summed E-state index contributed by atoms with van der Waals surface area (Å²) in [6.07, 6.45) is 0. The number of sulfonamides is 1. The van der Waals surface area contributed by atoms with Gasteiger partial charge in [0.2, 0.25) is 10.0 Å². The van der Waals surface area contributed by atoms with Crippen LogP contribution in [0.15, 0.2) is 41.3 Å². The zero-order valence-electron chi connectivity index (χ0n) is 10.5. The topological polar surface area (TPSA) is 69.4 Å². The summed E-state index contributed by atoms with van der Waals surface area (Å²) in [5.74, 6) is 0.172. The molecule has 0 saturated heterocycles. The minimum atomic E-state index is -3.88. The van der Waals surface area contributed by atoms with E-state index in [2.05, 4.69) is 0 Å². The van der Waals surface area contributed by atoms with E-state index >= 15 is 0 Å². The Morgan fingerprint density at radius 3 is 2.10 bits per heavy atom. The van der Waals surface area contributed by atoms with E-state index in [0.29, 0.717) is 5.02 Å². The van der Waals surface area contributed by atoms with Gasteiger partial charge in [0.25, 0.3) is 0 Å². The first-order valence-electron chi connectivity index (χ1n) is 5.67. The molecule has 0 atom stereocenters. The van der Waals surface area contributed by atoms with E-state index in [0.717, 1.165) is 5.56 Å². The largest absolute Gasteiger partial charge is 0.486 e. The van der Waals surface area contributed by atoms with Crippen molar-refractivity contribution in [3.8, 4) is 5.75 Å². The quantitative estimate of drug-likeness (QED) is 0.893. The highest BCUT2D eigenvalue weighted by atomic mass is 35.5. The van der Waals surface area contributed by atoms with Gasteiger partial charge < -0.3 is 4.74 Å². The predicted molar refractivity (Wildman–Crippen MR) is 83.6 cm³/mol. The Morgan fingerprint density at radius 2 is 1.57 bits per heavy atom. The number of benzene rings is 2. The first kappa shape index (κ1) is 16.4. The minimum absolute atomic E-state index is 0.0542. The molecule has 0 heterocycles. The van der Waals surface area contributed by atoms with E-state index in [-0.39, 0.29) is 27.3 Å². The van der Waals surface area contributed by atoms with E-state index < -0.39 is 10.0 Å². The minimum Gasteiger partial charge on any atom is -0.486 e. The van der Waals surface area contributed by atoms with Gasteiger partial charge in [-0.25, -0.2) is 13.6 Å². The third-order valence-corrected chi connectivity index (χ3v) is 4.45. The van der Waals surface area contributed by atoms with E-state index in [9.17, 15) is 8.42 Å². The number of hydrogen-bond acceptors (Lipinski definition) is 3. The van der Waals surface area contributed by atoms with Crippen LogP contribution in [0.1, 0.15) is 5.56 Å². The Morgan fingerprint density at radius 1 is 1.00 bits per heavy atom. The molecule has 2 N–H and O–H groups in total. The van der Waals surface area contributed by atoms with Gasteiger partial charge in [-0.05, 0) is 18.2 Å². The molecular weight excluding hydrogens is 357 g/mol. The van der Waals surface area contributed by atoms with Crippen LogP contribution in [0.25, 0.3) is 0 Å². The molecule has 0 aromatic heterocycles. The van der Waals surface area contributed by atoms with E-state index in [4.69, 9.17) is 44.7 Å². The average molecular weight is 367 g/mol. The highest BCUT2D eigenvalue weighted by Crippen LogP contribution is 2.36. The molecule has 0 aliphatic heterocycles. The zero-order valence-corrected chi connectivity index (χ0v) is 13.6.